The van der Waals surface area contributed by atoms with Crippen molar-refractivity contribution >= 4 is 34.1 Å². The number of hydrogen-bond donors (Lipinski definition) is 2. The van der Waals surface area contributed by atoms with Gasteiger partial charge in [0.15, 0.2) is 0 Å². The molecule has 0 saturated carbocycles. The summed E-state index contributed by atoms with van der Waals surface area (Å²) in [5, 5.41) is 13.7. The van der Waals surface area contributed by atoms with Gasteiger partial charge in [-0.15, -0.1) is 0 Å². The van der Waals surface area contributed by atoms with Crippen molar-refractivity contribution in [2.75, 3.05) is 12.0 Å². The highest BCUT2D eigenvalue weighted by molar-refractivity contribution is 14.1. The predicted octanol–water partition coefficient (Wildman–Crippen LogP) is 3.57. The van der Waals surface area contributed by atoms with Crippen LogP contribution in [0.5, 0.6) is 0 Å². The molecule has 0 fully saturated rings. The average Bonchev–Trinajstić information content (AvgIpc) is 3.11. The van der Waals surface area contributed by atoms with Crippen molar-refractivity contribution in [2.45, 2.75) is 10.5 Å². The number of hydrogen-bond acceptors (Lipinski definition) is 5. The van der Waals surface area contributed by atoms with E-state index < -0.39 is 0 Å². The van der Waals surface area contributed by atoms with E-state index in [9.17, 15) is 0 Å². The van der Waals surface area contributed by atoms with Gasteiger partial charge >= 0.3 is 0 Å². The Labute approximate surface area is 166 Å². The van der Waals surface area contributed by atoms with E-state index in [1.165, 1.54) is 5.01 Å². The number of fused-ring (bicyclic) bond motifs is 1. The number of nitriles is 1. The molecule has 1 aromatic carbocycles. The van der Waals surface area contributed by atoms with Crippen molar-refractivity contribution < 1.29 is 0 Å². The lowest BCUT2D eigenvalue weighted by Crippen LogP contribution is -2.33. The summed E-state index contributed by atoms with van der Waals surface area (Å²) in [6.45, 7) is 4.38. The molecule has 0 bridgehead atoms. The Morgan fingerprint density at radius 2 is 2.23 bits per heavy atom. The molecule has 7 heteroatoms. The van der Waals surface area contributed by atoms with Gasteiger partial charge in [0, 0.05) is 29.2 Å². The van der Waals surface area contributed by atoms with E-state index in [1.54, 1.807) is 12.3 Å². The molecule has 0 radical (unpaired) electrons. The van der Waals surface area contributed by atoms with Gasteiger partial charge in [0.25, 0.3) is 0 Å². The Bertz CT molecular complexity index is 890. The van der Waals surface area contributed by atoms with Crippen molar-refractivity contribution in [3.8, 4) is 11.8 Å². The van der Waals surface area contributed by atoms with E-state index in [-0.39, 0.29) is 4.05 Å². The summed E-state index contributed by atoms with van der Waals surface area (Å²) in [5.74, 6) is 7.06. The SMILES string of the molecule is C=CC(=CN(N)C(I)CC#N)C1=NCNc2c1ccn2-c1ccccc1. The molecule has 2 aromatic rings. The fraction of sp³-hybridized carbons (Fsp3) is 0.158. The van der Waals surface area contributed by atoms with E-state index in [0.717, 1.165) is 28.4 Å². The quantitative estimate of drug-likeness (QED) is 0.173. The molecule has 2 heterocycles. The maximum Gasteiger partial charge on any atom is 0.121 e. The largest absolute Gasteiger partial charge is 0.352 e. The van der Waals surface area contributed by atoms with Gasteiger partial charge in [0.05, 0.1) is 18.2 Å². The van der Waals surface area contributed by atoms with Crippen LogP contribution in [0.3, 0.4) is 0 Å². The van der Waals surface area contributed by atoms with Gasteiger partial charge in [0.1, 0.15) is 16.5 Å². The highest BCUT2D eigenvalue weighted by Gasteiger charge is 2.21. The van der Waals surface area contributed by atoms with E-state index in [1.807, 2.05) is 30.5 Å². The van der Waals surface area contributed by atoms with Crippen molar-refractivity contribution in [3.05, 3.63) is 72.6 Å². The number of alkyl halides is 1. The zero-order valence-corrected chi connectivity index (χ0v) is 16.3. The second-order valence-electron chi connectivity index (χ2n) is 5.66. The second-order valence-corrected chi connectivity index (χ2v) is 7.10. The monoisotopic (exact) mass is 458 g/mol. The number of aliphatic imine (C=N–C) groups is 1. The molecule has 0 amide bonds. The topological polar surface area (TPSA) is 82.4 Å². The minimum atomic E-state index is -0.122. The summed E-state index contributed by atoms with van der Waals surface area (Å²) in [7, 11) is 0. The average molecular weight is 458 g/mol. The molecule has 1 atom stereocenters. The van der Waals surface area contributed by atoms with Gasteiger partial charge in [0.2, 0.25) is 0 Å². The molecule has 26 heavy (non-hydrogen) atoms. The maximum absolute atomic E-state index is 8.85. The number of para-hydroxylation sites is 1. The van der Waals surface area contributed by atoms with E-state index >= 15 is 0 Å². The summed E-state index contributed by atoms with van der Waals surface area (Å²) in [6.07, 6.45) is 5.88. The van der Waals surface area contributed by atoms with Crippen LogP contribution < -0.4 is 11.2 Å². The number of nitrogens with one attached hydrogen (secondary N) is 1. The summed E-state index contributed by atoms with van der Waals surface area (Å²) in [6, 6.07) is 14.3. The second kappa shape index (κ2) is 8.21. The van der Waals surface area contributed by atoms with Crippen LogP contribution in [-0.4, -0.2) is 26.0 Å². The third kappa shape index (κ3) is 3.66. The summed E-state index contributed by atoms with van der Waals surface area (Å²) >= 11 is 2.14. The number of hydrazine groups is 1. The first kappa shape index (κ1) is 18.2. The Hall–Kier alpha value is -2.57. The van der Waals surface area contributed by atoms with Crippen LogP contribution >= 0.6 is 22.6 Å². The zero-order valence-electron chi connectivity index (χ0n) is 14.1. The molecule has 0 spiro atoms. The molecule has 0 saturated heterocycles. The number of nitrogens with two attached hydrogens (primary N) is 1. The molecule has 1 aromatic heterocycles. The molecule has 132 valence electrons. The first-order valence-corrected chi connectivity index (χ1v) is 9.34. The van der Waals surface area contributed by atoms with E-state index in [2.05, 4.69) is 62.2 Å². The van der Waals surface area contributed by atoms with E-state index in [0.29, 0.717) is 13.1 Å². The van der Waals surface area contributed by atoms with Gasteiger partial charge in [-0.1, -0.05) is 53.4 Å². The number of anilines is 1. The number of rotatable bonds is 6. The third-order valence-corrected chi connectivity index (χ3v) is 5.11. The van der Waals surface area contributed by atoms with Gasteiger partial charge in [-0.3, -0.25) is 4.99 Å². The minimum absolute atomic E-state index is 0.122. The maximum atomic E-state index is 8.85. The number of benzene rings is 1. The van der Waals surface area contributed by atoms with E-state index in [4.69, 9.17) is 11.1 Å². The van der Waals surface area contributed by atoms with Gasteiger partial charge in [-0.25, -0.2) is 5.84 Å². The van der Waals surface area contributed by atoms with Gasteiger partial charge in [-0.05, 0) is 18.2 Å². The standard InChI is InChI=1S/C19H19IN6/c1-2-14(12-26(22)17(20)8-10-21)18-16-9-11-25(19(16)24-13-23-18)15-6-4-3-5-7-15/h2-7,9,11-12,17,24H,1,8,13,22H2. The molecule has 1 aliphatic heterocycles. The van der Waals surface area contributed by atoms with Gasteiger partial charge in [-0.2, -0.15) is 5.26 Å². The molecule has 1 unspecified atom stereocenters. The van der Waals surface area contributed by atoms with Crippen molar-refractivity contribution in [3.63, 3.8) is 0 Å². The Morgan fingerprint density at radius 3 is 2.92 bits per heavy atom. The number of nitrogens with zero attached hydrogens (tertiary/aromatic N) is 4. The van der Waals surface area contributed by atoms with Crippen LogP contribution in [0.4, 0.5) is 5.82 Å². The summed E-state index contributed by atoms with van der Waals surface area (Å²) in [4.78, 5) is 4.61. The Balaban J connectivity index is 1.96. The van der Waals surface area contributed by atoms with Crippen molar-refractivity contribution in [1.82, 2.24) is 9.58 Å². The molecule has 0 aliphatic carbocycles. The highest BCUT2D eigenvalue weighted by Crippen LogP contribution is 2.28. The fourth-order valence-electron chi connectivity index (χ4n) is 2.77. The van der Waals surface area contributed by atoms with Crippen LogP contribution in [0.15, 0.2) is 72.0 Å². The van der Waals surface area contributed by atoms with Crippen LogP contribution in [0.1, 0.15) is 12.0 Å². The Kier molecular flexibility index (Phi) is 5.75. The minimum Gasteiger partial charge on any atom is -0.352 e. The van der Waals surface area contributed by atoms with Gasteiger partial charge < -0.3 is 14.9 Å². The normalized spacial score (nSPS) is 14.5. The first-order chi connectivity index (χ1) is 12.7. The van der Waals surface area contributed by atoms with Crippen LogP contribution in [0, 0.1) is 11.3 Å². The number of halogens is 1. The molecule has 6 nitrogen and oxygen atoms in total. The highest BCUT2D eigenvalue weighted by atomic mass is 127. The Morgan fingerprint density at radius 1 is 1.46 bits per heavy atom. The number of allylic oxidation sites excluding steroid dienone is 2. The lowest BCUT2D eigenvalue weighted by Gasteiger charge is -2.22. The third-order valence-electron chi connectivity index (χ3n) is 4.02. The van der Waals surface area contributed by atoms with Crippen molar-refractivity contribution in [2.24, 2.45) is 10.8 Å². The lowest BCUT2D eigenvalue weighted by atomic mass is 10.0. The molecule has 3 rings (SSSR count). The summed E-state index contributed by atoms with van der Waals surface area (Å²) < 4.78 is 1.98. The number of aromatic nitrogens is 1. The van der Waals surface area contributed by atoms with Crippen LogP contribution in [0.2, 0.25) is 0 Å². The molecule has 3 N–H and O–H groups in total. The van der Waals surface area contributed by atoms with Crippen LogP contribution in [0.25, 0.3) is 5.69 Å². The fourth-order valence-corrected chi connectivity index (χ4v) is 3.12. The first-order valence-electron chi connectivity index (χ1n) is 8.10. The smallest absolute Gasteiger partial charge is 0.121 e. The summed E-state index contributed by atoms with van der Waals surface area (Å²) in [5.41, 5.74) is 3.72. The zero-order chi connectivity index (χ0) is 18.5. The molecule has 1 aliphatic rings. The molecular formula is C19H19IN6. The van der Waals surface area contributed by atoms with Crippen molar-refractivity contribution in [1.29, 1.82) is 5.26 Å². The van der Waals surface area contributed by atoms with Crippen LogP contribution in [-0.2, 0) is 0 Å². The predicted molar refractivity (Wildman–Crippen MR) is 113 cm³/mol. The molecular weight excluding hydrogens is 439 g/mol. The lowest BCUT2D eigenvalue weighted by molar-refractivity contribution is 0.385.